The summed E-state index contributed by atoms with van der Waals surface area (Å²) in [6, 6.07) is 8.62. The third kappa shape index (κ3) is 3.22. The van der Waals surface area contributed by atoms with Crippen LogP contribution in [0, 0.1) is 0 Å². The quantitative estimate of drug-likeness (QED) is 0.740. The molecule has 1 amide bonds. The zero-order valence-corrected chi connectivity index (χ0v) is 13.1. The molecular formula is C16H15N3O5. The SMILES string of the molecule is COc1ccc(-c2cc(CNC(=O)c3ccno3)no2)cc1OC. The van der Waals surface area contributed by atoms with Crippen molar-refractivity contribution in [2.75, 3.05) is 14.2 Å². The van der Waals surface area contributed by atoms with Crippen molar-refractivity contribution in [3.05, 3.63) is 48.0 Å². The van der Waals surface area contributed by atoms with Gasteiger partial charge >= 0.3 is 0 Å². The van der Waals surface area contributed by atoms with E-state index in [0.717, 1.165) is 5.56 Å². The average Bonchev–Trinajstić information content (AvgIpc) is 3.30. The standard InChI is InChI=1S/C16H15N3O5/c1-21-12-4-3-10(7-15(12)22-2)14-8-11(19-24-14)9-17-16(20)13-5-6-18-23-13/h3-8H,9H2,1-2H3,(H,17,20). The van der Waals surface area contributed by atoms with E-state index in [1.807, 2.05) is 6.07 Å². The van der Waals surface area contributed by atoms with Crippen LogP contribution in [0.1, 0.15) is 16.2 Å². The Balaban J connectivity index is 1.70. The predicted octanol–water partition coefficient (Wildman–Crippen LogP) is 2.28. The molecular weight excluding hydrogens is 314 g/mol. The van der Waals surface area contributed by atoms with Crippen molar-refractivity contribution < 1.29 is 23.3 Å². The van der Waals surface area contributed by atoms with Crippen LogP contribution < -0.4 is 14.8 Å². The number of rotatable bonds is 6. The summed E-state index contributed by atoms with van der Waals surface area (Å²) in [4.78, 5) is 11.8. The maximum Gasteiger partial charge on any atom is 0.290 e. The van der Waals surface area contributed by atoms with Gasteiger partial charge in [0.1, 0.15) is 5.69 Å². The highest BCUT2D eigenvalue weighted by Crippen LogP contribution is 2.32. The van der Waals surface area contributed by atoms with Crippen molar-refractivity contribution in [2.24, 2.45) is 0 Å². The molecule has 0 aliphatic heterocycles. The first-order valence-electron chi connectivity index (χ1n) is 7.08. The fraction of sp³-hybridized carbons (Fsp3) is 0.188. The normalized spacial score (nSPS) is 10.4. The van der Waals surface area contributed by atoms with Gasteiger partial charge < -0.3 is 23.8 Å². The maximum absolute atomic E-state index is 11.8. The maximum atomic E-state index is 11.8. The highest BCUT2D eigenvalue weighted by molar-refractivity contribution is 5.91. The minimum absolute atomic E-state index is 0.138. The molecule has 3 rings (SSSR count). The molecule has 0 fully saturated rings. The Hall–Kier alpha value is -3.29. The second-order valence-electron chi connectivity index (χ2n) is 4.81. The van der Waals surface area contributed by atoms with E-state index in [4.69, 9.17) is 18.5 Å². The van der Waals surface area contributed by atoms with Crippen molar-refractivity contribution in [1.29, 1.82) is 0 Å². The molecule has 0 atom stereocenters. The van der Waals surface area contributed by atoms with Crippen molar-refractivity contribution in [2.45, 2.75) is 6.54 Å². The van der Waals surface area contributed by atoms with Crippen LogP contribution in [0.5, 0.6) is 11.5 Å². The van der Waals surface area contributed by atoms with Gasteiger partial charge in [-0.2, -0.15) is 0 Å². The van der Waals surface area contributed by atoms with E-state index in [-0.39, 0.29) is 18.2 Å². The fourth-order valence-corrected chi connectivity index (χ4v) is 2.11. The van der Waals surface area contributed by atoms with Gasteiger partial charge in [0.25, 0.3) is 5.91 Å². The highest BCUT2D eigenvalue weighted by Gasteiger charge is 2.13. The van der Waals surface area contributed by atoms with Crippen molar-refractivity contribution in [3.8, 4) is 22.8 Å². The number of nitrogens with one attached hydrogen (secondary N) is 1. The Morgan fingerprint density at radius 2 is 1.96 bits per heavy atom. The molecule has 0 unspecified atom stereocenters. The van der Waals surface area contributed by atoms with Gasteiger partial charge in [0.15, 0.2) is 17.3 Å². The summed E-state index contributed by atoms with van der Waals surface area (Å²) in [6.45, 7) is 0.205. The first-order valence-corrected chi connectivity index (χ1v) is 7.08. The molecule has 8 nitrogen and oxygen atoms in total. The van der Waals surface area contributed by atoms with Gasteiger partial charge in [0, 0.05) is 17.7 Å². The van der Waals surface area contributed by atoms with Crippen LogP contribution in [0.25, 0.3) is 11.3 Å². The van der Waals surface area contributed by atoms with Crippen molar-refractivity contribution in [3.63, 3.8) is 0 Å². The summed E-state index contributed by atoms with van der Waals surface area (Å²) >= 11 is 0. The molecule has 1 N–H and O–H groups in total. The number of methoxy groups -OCH3 is 2. The molecule has 1 aromatic carbocycles. The lowest BCUT2D eigenvalue weighted by atomic mass is 10.1. The molecule has 8 heteroatoms. The van der Waals surface area contributed by atoms with Gasteiger partial charge in [-0.15, -0.1) is 0 Å². The smallest absolute Gasteiger partial charge is 0.290 e. The Bertz CT molecular complexity index is 826. The minimum atomic E-state index is -0.372. The molecule has 124 valence electrons. The van der Waals surface area contributed by atoms with Gasteiger partial charge in [-0.3, -0.25) is 4.79 Å². The fourth-order valence-electron chi connectivity index (χ4n) is 2.11. The zero-order chi connectivity index (χ0) is 16.9. The van der Waals surface area contributed by atoms with Crippen LogP contribution in [0.3, 0.4) is 0 Å². The van der Waals surface area contributed by atoms with Crippen molar-refractivity contribution in [1.82, 2.24) is 15.6 Å². The number of nitrogens with zero attached hydrogens (tertiary/aromatic N) is 2. The number of hydrogen-bond acceptors (Lipinski definition) is 7. The van der Waals surface area contributed by atoms with Gasteiger partial charge in [0.2, 0.25) is 5.76 Å². The van der Waals surface area contributed by atoms with E-state index in [2.05, 4.69) is 15.6 Å². The number of carbonyl (C=O) groups excluding carboxylic acids is 1. The topological polar surface area (TPSA) is 99.6 Å². The minimum Gasteiger partial charge on any atom is -0.493 e. The number of aromatic nitrogens is 2. The Labute approximate surface area is 137 Å². The van der Waals surface area contributed by atoms with Crippen LogP contribution in [0.15, 0.2) is 45.6 Å². The zero-order valence-electron chi connectivity index (χ0n) is 13.1. The lowest BCUT2D eigenvalue weighted by molar-refractivity contribution is 0.0913. The Morgan fingerprint density at radius 1 is 1.12 bits per heavy atom. The highest BCUT2D eigenvalue weighted by atomic mass is 16.5. The summed E-state index contributed by atoms with van der Waals surface area (Å²) in [5.74, 6) is 1.54. The van der Waals surface area contributed by atoms with Gasteiger partial charge in [-0.1, -0.05) is 10.3 Å². The summed E-state index contributed by atoms with van der Waals surface area (Å²) in [6.07, 6.45) is 1.40. The summed E-state index contributed by atoms with van der Waals surface area (Å²) < 4.78 is 20.6. The molecule has 0 aliphatic rings. The molecule has 3 aromatic rings. The molecule has 0 bridgehead atoms. The molecule has 2 heterocycles. The van der Waals surface area contributed by atoms with Crippen molar-refractivity contribution >= 4 is 5.91 Å². The van der Waals surface area contributed by atoms with Crippen LogP contribution in [-0.2, 0) is 6.54 Å². The third-order valence-corrected chi connectivity index (χ3v) is 3.32. The summed E-state index contributed by atoms with van der Waals surface area (Å²) in [7, 11) is 3.13. The van der Waals surface area contributed by atoms with E-state index in [1.54, 1.807) is 32.4 Å². The lowest BCUT2D eigenvalue weighted by Crippen LogP contribution is -2.22. The molecule has 24 heavy (non-hydrogen) atoms. The Morgan fingerprint density at radius 3 is 2.67 bits per heavy atom. The first kappa shape index (κ1) is 15.6. The first-order chi connectivity index (χ1) is 11.7. The molecule has 0 saturated carbocycles. The number of amides is 1. The number of ether oxygens (including phenoxy) is 2. The molecule has 0 radical (unpaired) electrons. The molecule has 0 aliphatic carbocycles. The molecule has 2 aromatic heterocycles. The summed E-state index contributed by atoms with van der Waals surface area (Å²) in [5, 5.41) is 10.1. The van der Waals surface area contributed by atoms with Crippen LogP contribution >= 0.6 is 0 Å². The van der Waals surface area contributed by atoms with Crippen LogP contribution in [-0.4, -0.2) is 30.4 Å². The van der Waals surface area contributed by atoms with E-state index in [9.17, 15) is 4.79 Å². The number of hydrogen-bond donors (Lipinski definition) is 1. The molecule has 0 spiro atoms. The van der Waals surface area contributed by atoms with Gasteiger partial charge in [-0.25, -0.2) is 0 Å². The predicted molar refractivity (Wildman–Crippen MR) is 82.7 cm³/mol. The summed E-state index contributed by atoms with van der Waals surface area (Å²) in [5.41, 5.74) is 1.36. The largest absolute Gasteiger partial charge is 0.493 e. The second kappa shape index (κ2) is 6.86. The lowest BCUT2D eigenvalue weighted by Gasteiger charge is -2.07. The second-order valence-corrected chi connectivity index (χ2v) is 4.81. The van der Waals surface area contributed by atoms with Crippen LogP contribution in [0.4, 0.5) is 0 Å². The van der Waals surface area contributed by atoms with E-state index >= 15 is 0 Å². The van der Waals surface area contributed by atoms with E-state index in [0.29, 0.717) is 23.0 Å². The average molecular weight is 329 g/mol. The number of benzene rings is 1. The van der Waals surface area contributed by atoms with Crippen LogP contribution in [0.2, 0.25) is 0 Å². The third-order valence-electron chi connectivity index (χ3n) is 3.32. The van der Waals surface area contributed by atoms with E-state index < -0.39 is 0 Å². The van der Waals surface area contributed by atoms with Gasteiger partial charge in [0.05, 0.1) is 27.0 Å². The Kier molecular flexibility index (Phi) is 4.46. The molecule has 0 saturated heterocycles. The van der Waals surface area contributed by atoms with Gasteiger partial charge in [-0.05, 0) is 18.2 Å². The number of carbonyl (C=O) groups is 1. The monoisotopic (exact) mass is 329 g/mol. The van der Waals surface area contributed by atoms with E-state index in [1.165, 1.54) is 12.3 Å².